The van der Waals surface area contributed by atoms with Crippen molar-refractivity contribution >= 4 is 5.65 Å². The SMILES string of the molecule is CC.c1cnc2cncn2c1. The molecule has 0 amide bonds. The third-order valence-corrected chi connectivity index (χ3v) is 1.19. The number of imidazole rings is 1. The second kappa shape index (κ2) is 3.71. The van der Waals surface area contributed by atoms with Gasteiger partial charge < -0.3 is 0 Å². The lowest BCUT2D eigenvalue weighted by Crippen LogP contribution is -1.80. The molecule has 0 saturated heterocycles. The highest BCUT2D eigenvalue weighted by Crippen LogP contribution is 1.93. The summed E-state index contributed by atoms with van der Waals surface area (Å²) in [6, 6.07) is 1.87. The number of hydrogen-bond acceptors (Lipinski definition) is 2. The monoisotopic (exact) mass is 149 g/mol. The Morgan fingerprint density at radius 1 is 1.36 bits per heavy atom. The van der Waals surface area contributed by atoms with Crippen LogP contribution in [-0.2, 0) is 0 Å². The summed E-state index contributed by atoms with van der Waals surface area (Å²) in [7, 11) is 0. The second-order valence-corrected chi connectivity index (χ2v) is 1.78. The van der Waals surface area contributed by atoms with E-state index in [1.54, 1.807) is 18.7 Å². The fourth-order valence-electron chi connectivity index (χ4n) is 0.763. The summed E-state index contributed by atoms with van der Waals surface area (Å²) >= 11 is 0. The number of fused-ring (bicyclic) bond motifs is 1. The Hall–Kier alpha value is -1.38. The average molecular weight is 149 g/mol. The first-order valence-electron chi connectivity index (χ1n) is 3.69. The highest BCUT2D eigenvalue weighted by molar-refractivity contribution is 5.33. The van der Waals surface area contributed by atoms with Crippen molar-refractivity contribution in [3.63, 3.8) is 0 Å². The Kier molecular flexibility index (Phi) is 2.60. The Morgan fingerprint density at radius 3 is 2.91 bits per heavy atom. The van der Waals surface area contributed by atoms with Crippen LogP contribution >= 0.6 is 0 Å². The van der Waals surface area contributed by atoms with Gasteiger partial charge in [-0.3, -0.25) is 4.40 Å². The van der Waals surface area contributed by atoms with Crippen molar-refractivity contribution in [2.75, 3.05) is 0 Å². The third kappa shape index (κ3) is 1.55. The number of hydrogen-bond donors (Lipinski definition) is 0. The zero-order chi connectivity index (χ0) is 8.10. The van der Waals surface area contributed by atoms with Gasteiger partial charge in [-0.2, -0.15) is 0 Å². The lowest BCUT2D eigenvalue weighted by molar-refractivity contribution is 1.11. The van der Waals surface area contributed by atoms with Gasteiger partial charge in [-0.25, -0.2) is 9.97 Å². The highest BCUT2D eigenvalue weighted by atomic mass is 15.0. The van der Waals surface area contributed by atoms with Crippen LogP contribution in [0.3, 0.4) is 0 Å². The molecule has 2 rings (SSSR count). The molecule has 0 aromatic carbocycles. The largest absolute Gasteiger partial charge is 0.291 e. The summed E-state index contributed by atoms with van der Waals surface area (Å²) in [5.41, 5.74) is 0.887. The van der Waals surface area contributed by atoms with Crippen molar-refractivity contribution in [1.82, 2.24) is 14.4 Å². The van der Waals surface area contributed by atoms with E-state index < -0.39 is 0 Å². The van der Waals surface area contributed by atoms with E-state index in [2.05, 4.69) is 9.97 Å². The molecule has 3 heteroatoms. The lowest BCUT2D eigenvalue weighted by Gasteiger charge is -1.85. The predicted octanol–water partition coefficient (Wildman–Crippen LogP) is 1.76. The minimum atomic E-state index is 0.887. The van der Waals surface area contributed by atoms with Crippen LogP contribution in [0.4, 0.5) is 0 Å². The minimum Gasteiger partial charge on any atom is -0.291 e. The molecule has 0 aliphatic rings. The Labute approximate surface area is 65.7 Å². The van der Waals surface area contributed by atoms with Crippen LogP contribution in [0.1, 0.15) is 13.8 Å². The van der Waals surface area contributed by atoms with Gasteiger partial charge in [-0.1, -0.05) is 13.8 Å². The molecule has 2 aromatic rings. The standard InChI is InChI=1S/C6H5N3.C2H6/c1-2-8-6-4-7-5-9(6)3-1;1-2/h1-5H;1-2H3. The van der Waals surface area contributed by atoms with Gasteiger partial charge in [0, 0.05) is 12.4 Å². The molecule has 0 fully saturated rings. The van der Waals surface area contributed by atoms with Crippen molar-refractivity contribution in [2.24, 2.45) is 0 Å². The first kappa shape index (κ1) is 7.72. The third-order valence-electron chi connectivity index (χ3n) is 1.19. The van der Waals surface area contributed by atoms with Crippen LogP contribution < -0.4 is 0 Å². The van der Waals surface area contributed by atoms with E-state index in [0.29, 0.717) is 0 Å². The van der Waals surface area contributed by atoms with Crippen molar-refractivity contribution in [1.29, 1.82) is 0 Å². The van der Waals surface area contributed by atoms with Gasteiger partial charge in [-0.15, -0.1) is 0 Å². The van der Waals surface area contributed by atoms with Gasteiger partial charge in [0.15, 0.2) is 5.65 Å². The average Bonchev–Trinajstić information content (AvgIpc) is 2.55. The van der Waals surface area contributed by atoms with Crippen molar-refractivity contribution in [3.05, 3.63) is 31.0 Å². The predicted molar refractivity (Wildman–Crippen MR) is 44.3 cm³/mol. The molecule has 2 aromatic heterocycles. The molecule has 0 unspecified atom stereocenters. The van der Waals surface area contributed by atoms with Crippen molar-refractivity contribution in [3.8, 4) is 0 Å². The Morgan fingerprint density at radius 2 is 2.18 bits per heavy atom. The molecular weight excluding hydrogens is 138 g/mol. The molecule has 0 saturated carbocycles. The molecule has 58 valence electrons. The van der Waals surface area contributed by atoms with Crippen LogP contribution in [0.15, 0.2) is 31.0 Å². The molecular formula is C8H11N3. The Bertz CT molecular complexity index is 283. The molecule has 0 aliphatic heterocycles. The summed E-state index contributed by atoms with van der Waals surface area (Å²) < 4.78 is 1.86. The zero-order valence-electron chi connectivity index (χ0n) is 6.73. The number of aromatic nitrogens is 3. The maximum Gasteiger partial charge on any atom is 0.156 e. The van der Waals surface area contributed by atoms with Crippen LogP contribution in [0.5, 0.6) is 0 Å². The van der Waals surface area contributed by atoms with Crippen LogP contribution in [0.25, 0.3) is 5.65 Å². The van der Waals surface area contributed by atoms with Gasteiger partial charge in [-0.05, 0) is 6.07 Å². The summed E-state index contributed by atoms with van der Waals surface area (Å²) in [6.45, 7) is 4.00. The Balaban J connectivity index is 0.000000281. The van der Waals surface area contributed by atoms with Gasteiger partial charge in [0.05, 0.1) is 6.20 Å². The van der Waals surface area contributed by atoms with E-state index in [9.17, 15) is 0 Å². The van der Waals surface area contributed by atoms with E-state index >= 15 is 0 Å². The van der Waals surface area contributed by atoms with Crippen LogP contribution in [-0.4, -0.2) is 14.4 Å². The number of nitrogens with zero attached hydrogens (tertiary/aromatic N) is 3. The molecule has 0 N–H and O–H groups in total. The maximum absolute atomic E-state index is 4.04. The van der Waals surface area contributed by atoms with Crippen molar-refractivity contribution < 1.29 is 0 Å². The fraction of sp³-hybridized carbons (Fsp3) is 0.250. The van der Waals surface area contributed by atoms with Crippen LogP contribution in [0, 0.1) is 0 Å². The second-order valence-electron chi connectivity index (χ2n) is 1.78. The molecule has 0 spiro atoms. The summed E-state index contributed by atoms with van der Waals surface area (Å²) in [4.78, 5) is 7.94. The van der Waals surface area contributed by atoms with Gasteiger partial charge >= 0.3 is 0 Å². The quantitative estimate of drug-likeness (QED) is 0.571. The first-order valence-corrected chi connectivity index (χ1v) is 3.69. The van der Waals surface area contributed by atoms with Crippen LogP contribution in [0.2, 0.25) is 0 Å². The molecule has 2 heterocycles. The summed E-state index contributed by atoms with van der Waals surface area (Å²) in [6.07, 6.45) is 7.11. The van der Waals surface area contributed by atoms with Gasteiger partial charge in [0.25, 0.3) is 0 Å². The smallest absolute Gasteiger partial charge is 0.156 e. The van der Waals surface area contributed by atoms with Crippen molar-refractivity contribution in [2.45, 2.75) is 13.8 Å². The molecule has 0 aliphatic carbocycles. The topological polar surface area (TPSA) is 30.2 Å². The van der Waals surface area contributed by atoms with E-state index in [0.717, 1.165) is 5.65 Å². The zero-order valence-corrected chi connectivity index (χ0v) is 6.73. The fourth-order valence-corrected chi connectivity index (χ4v) is 0.763. The maximum atomic E-state index is 4.04. The lowest BCUT2D eigenvalue weighted by atomic mass is 10.6. The van der Waals surface area contributed by atoms with E-state index in [4.69, 9.17) is 0 Å². The first-order chi connectivity index (χ1) is 5.47. The molecule has 0 atom stereocenters. The van der Waals surface area contributed by atoms with Gasteiger partial charge in [0.2, 0.25) is 0 Å². The molecule has 0 bridgehead atoms. The normalized spacial score (nSPS) is 8.91. The molecule has 0 radical (unpaired) electrons. The molecule has 11 heavy (non-hydrogen) atoms. The minimum absolute atomic E-state index is 0.887. The molecule has 3 nitrogen and oxygen atoms in total. The highest BCUT2D eigenvalue weighted by Gasteiger charge is 1.86. The summed E-state index contributed by atoms with van der Waals surface area (Å²) in [5, 5.41) is 0. The van der Waals surface area contributed by atoms with E-state index in [-0.39, 0.29) is 0 Å². The summed E-state index contributed by atoms with van der Waals surface area (Å²) in [5.74, 6) is 0. The van der Waals surface area contributed by atoms with E-state index in [1.807, 2.05) is 30.5 Å². The number of rotatable bonds is 0. The van der Waals surface area contributed by atoms with E-state index in [1.165, 1.54) is 0 Å². The van der Waals surface area contributed by atoms with Gasteiger partial charge in [0.1, 0.15) is 6.33 Å².